The molecule has 1 atom stereocenters. The molecule has 0 aromatic rings. The van der Waals surface area contributed by atoms with Crippen molar-refractivity contribution in [1.29, 1.82) is 0 Å². The Kier molecular flexibility index (Phi) is 5.35. The summed E-state index contributed by atoms with van der Waals surface area (Å²) in [6, 6.07) is 0.340. The molecular formula is C10H23N3. The van der Waals surface area contributed by atoms with E-state index in [0.717, 1.165) is 19.0 Å². The van der Waals surface area contributed by atoms with Gasteiger partial charge in [-0.05, 0) is 18.8 Å². The molecule has 0 aliphatic heterocycles. The van der Waals surface area contributed by atoms with Gasteiger partial charge in [0, 0.05) is 25.7 Å². The SMILES string of the molecule is NCCNCC(N)C1CCCCC1. The molecule has 3 heteroatoms. The molecule has 0 amide bonds. The molecule has 0 aromatic heterocycles. The average Bonchev–Trinajstić information content (AvgIpc) is 2.19. The third kappa shape index (κ3) is 4.07. The lowest BCUT2D eigenvalue weighted by atomic mass is 9.84. The van der Waals surface area contributed by atoms with Crippen LogP contribution in [0.15, 0.2) is 0 Å². The smallest absolute Gasteiger partial charge is 0.0193 e. The minimum Gasteiger partial charge on any atom is -0.329 e. The van der Waals surface area contributed by atoms with Crippen molar-refractivity contribution in [2.24, 2.45) is 17.4 Å². The second kappa shape index (κ2) is 6.35. The summed E-state index contributed by atoms with van der Waals surface area (Å²) < 4.78 is 0. The van der Waals surface area contributed by atoms with Gasteiger partial charge in [0.15, 0.2) is 0 Å². The molecule has 1 unspecified atom stereocenters. The zero-order valence-electron chi connectivity index (χ0n) is 8.47. The molecule has 5 N–H and O–H groups in total. The van der Waals surface area contributed by atoms with Crippen molar-refractivity contribution in [3.63, 3.8) is 0 Å². The van der Waals surface area contributed by atoms with Gasteiger partial charge in [0.05, 0.1) is 0 Å². The summed E-state index contributed by atoms with van der Waals surface area (Å²) in [4.78, 5) is 0. The molecule has 0 aromatic carbocycles. The third-order valence-electron chi connectivity index (χ3n) is 2.96. The first-order chi connectivity index (χ1) is 6.34. The molecule has 0 spiro atoms. The van der Waals surface area contributed by atoms with Gasteiger partial charge in [0.2, 0.25) is 0 Å². The van der Waals surface area contributed by atoms with Crippen molar-refractivity contribution in [1.82, 2.24) is 5.32 Å². The van der Waals surface area contributed by atoms with Crippen LogP contribution in [-0.2, 0) is 0 Å². The molecule has 1 fully saturated rings. The Balaban J connectivity index is 2.09. The maximum Gasteiger partial charge on any atom is 0.0193 e. The lowest BCUT2D eigenvalue weighted by molar-refractivity contribution is 0.298. The lowest BCUT2D eigenvalue weighted by Gasteiger charge is -2.27. The molecule has 13 heavy (non-hydrogen) atoms. The molecule has 78 valence electrons. The van der Waals surface area contributed by atoms with E-state index in [1.165, 1.54) is 32.1 Å². The van der Waals surface area contributed by atoms with E-state index < -0.39 is 0 Å². The van der Waals surface area contributed by atoms with Gasteiger partial charge >= 0.3 is 0 Å². The van der Waals surface area contributed by atoms with Crippen LogP contribution >= 0.6 is 0 Å². The summed E-state index contributed by atoms with van der Waals surface area (Å²) in [5.74, 6) is 0.749. The van der Waals surface area contributed by atoms with Crippen LogP contribution < -0.4 is 16.8 Å². The first-order valence-corrected chi connectivity index (χ1v) is 5.51. The summed E-state index contributed by atoms with van der Waals surface area (Å²) >= 11 is 0. The Morgan fingerprint density at radius 2 is 1.92 bits per heavy atom. The highest BCUT2D eigenvalue weighted by molar-refractivity contribution is 4.77. The molecule has 3 nitrogen and oxygen atoms in total. The monoisotopic (exact) mass is 185 g/mol. The molecular weight excluding hydrogens is 162 g/mol. The van der Waals surface area contributed by atoms with Crippen LogP contribution in [-0.4, -0.2) is 25.7 Å². The lowest BCUT2D eigenvalue weighted by Crippen LogP contribution is -2.41. The standard InChI is InChI=1S/C10H23N3/c11-6-7-13-8-10(12)9-4-2-1-3-5-9/h9-10,13H,1-8,11-12H2. The Morgan fingerprint density at radius 3 is 2.54 bits per heavy atom. The molecule has 0 bridgehead atoms. The minimum atomic E-state index is 0.340. The average molecular weight is 185 g/mol. The van der Waals surface area contributed by atoms with Gasteiger partial charge in [-0.15, -0.1) is 0 Å². The second-order valence-electron chi connectivity index (χ2n) is 4.05. The van der Waals surface area contributed by atoms with Gasteiger partial charge in [0.25, 0.3) is 0 Å². The van der Waals surface area contributed by atoms with E-state index in [1.54, 1.807) is 0 Å². The molecule has 0 saturated heterocycles. The zero-order chi connectivity index (χ0) is 9.52. The van der Waals surface area contributed by atoms with Crippen LogP contribution in [0.1, 0.15) is 32.1 Å². The van der Waals surface area contributed by atoms with E-state index in [-0.39, 0.29) is 0 Å². The van der Waals surface area contributed by atoms with Crippen molar-refractivity contribution >= 4 is 0 Å². The number of rotatable bonds is 5. The van der Waals surface area contributed by atoms with Crippen molar-refractivity contribution in [3.8, 4) is 0 Å². The summed E-state index contributed by atoms with van der Waals surface area (Å²) in [6.45, 7) is 2.53. The summed E-state index contributed by atoms with van der Waals surface area (Å²) in [6.07, 6.45) is 6.79. The van der Waals surface area contributed by atoms with E-state index in [1.807, 2.05) is 0 Å². The van der Waals surface area contributed by atoms with Crippen molar-refractivity contribution in [2.75, 3.05) is 19.6 Å². The summed E-state index contributed by atoms with van der Waals surface area (Å²) in [5.41, 5.74) is 11.5. The van der Waals surface area contributed by atoms with Gasteiger partial charge in [-0.25, -0.2) is 0 Å². The van der Waals surface area contributed by atoms with Crippen LogP contribution in [0.4, 0.5) is 0 Å². The van der Waals surface area contributed by atoms with Crippen LogP contribution in [0, 0.1) is 5.92 Å². The van der Waals surface area contributed by atoms with Gasteiger partial charge in [-0.2, -0.15) is 0 Å². The van der Waals surface area contributed by atoms with Crippen LogP contribution in [0.3, 0.4) is 0 Å². The van der Waals surface area contributed by atoms with E-state index in [4.69, 9.17) is 11.5 Å². The van der Waals surface area contributed by atoms with Crippen molar-refractivity contribution in [2.45, 2.75) is 38.1 Å². The first-order valence-electron chi connectivity index (χ1n) is 5.51. The highest BCUT2D eigenvalue weighted by atomic mass is 14.9. The van der Waals surface area contributed by atoms with Gasteiger partial charge in [0.1, 0.15) is 0 Å². The fourth-order valence-electron chi connectivity index (χ4n) is 2.10. The normalized spacial score (nSPS) is 21.7. The maximum atomic E-state index is 6.09. The van der Waals surface area contributed by atoms with E-state index in [9.17, 15) is 0 Å². The quantitative estimate of drug-likeness (QED) is 0.545. The highest BCUT2D eigenvalue weighted by Crippen LogP contribution is 2.25. The number of hydrogen-bond donors (Lipinski definition) is 3. The van der Waals surface area contributed by atoms with Gasteiger partial charge in [-0.3, -0.25) is 0 Å². The van der Waals surface area contributed by atoms with E-state index >= 15 is 0 Å². The van der Waals surface area contributed by atoms with Crippen molar-refractivity contribution < 1.29 is 0 Å². The largest absolute Gasteiger partial charge is 0.329 e. The van der Waals surface area contributed by atoms with E-state index in [0.29, 0.717) is 12.6 Å². The third-order valence-corrected chi connectivity index (χ3v) is 2.96. The van der Waals surface area contributed by atoms with E-state index in [2.05, 4.69) is 5.32 Å². The first kappa shape index (κ1) is 11.0. The Labute approximate surface area is 81.2 Å². The molecule has 1 aliphatic rings. The summed E-state index contributed by atoms with van der Waals surface area (Å²) in [5, 5.41) is 3.28. The fourth-order valence-corrected chi connectivity index (χ4v) is 2.10. The van der Waals surface area contributed by atoms with Gasteiger partial charge in [-0.1, -0.05) is 19.3 Å². The second-order valence-corrected chi connectivity index (χ2v) is 4.05. The Hall–Kier alpha value is -0.120. The topological polar surface area (TPSA) is 64.1 Å². The molecule has 0 heterocycles. The Bertz CT molecular complexity index is 121. The minimum absolute atomic E-state index is 0.340. The van der Waals surface area contributed by atoms with Crippen LogP contribution in [0.5, 0.6) is 0 Å². The molecule has 1 rings (SSSR count). The molecule has 1 aliphatic carbocycles. The number of nitrogens with two attached hydrogens (primary N) is 2. The predicted molar refractivity (Wildman–Crippen MR) is 56.5 cm³/mol. The number of nitrogens with one attached hydrogen (secondary N) is 1. The van der Waals surface area contributed by atoms with Crippen LogP contribution in [0.25, 0.3) is 0 Å². The molecule has 1 saturated carbocycles. The predicted octanol–water partition coefficient (Wildman–Crippen LogP) is 0.442. The summed E-state index contributed by atoms with van der Waals surface area (Å²) in [7, 11) is 0. The highest BCUT2D eigenvalue weighted by Gasteiger charge is 2.19. The zero-order valence-corrected chi connectivity index (χ0v) is 8.47. The van der Waals surface area contributed by atoms with Crippen molar-refractivity contribution in [3.05, 3.63) is 0 Å². The maximum absolute atomic E-state index is 6.09. The van der Waals surface area contributed by atoms with Crippen LogP contribution in [0.2, 0.25) is 0 Å². The number of hydrogen-bond acceptors (Lipinski definition) is 3. The molecule has 0 radical (unpaired) electrons. The Morgan fingerprint density at radius 1 is 1.23 bits per heavy atom. The van der Waals surface area contributed by atoms with Gasteiger partial charge < -0.3 is 16.8 Å². The fraction of sp³-hybridized carbons (Fsp3) is 1.00.